The lowest BCUT2D eigenvalue weighted by Gasteiger charge is -2.11. The topological polar surface area (TPSA) is 12.5 Å². The van der Waals surface area contributed by atoms with Gasteiger partial charge in [-0.05, 0) is 13.3 Å². The van der Waals surface area contributed by atoms with Crippen LogP contribution in [0.15, 0.2) is 0 Å². The van der Waals surface area contributed by atoms with Crippen molar-refractivity contribution in [2.45, 2.75) is 37.1 Å². The number of alkyl halides is 1. The fourth-order valence-corrected chi connectivity index (χ4v) is 1.58. The molecule has 0 unspecified atom stereocenters. The molecule has 0 aromatic heterocycles. The van der Waals surface area contributed by atoms with Gasteiger partial charge in [-0.2, -0.15) is 0 Å². The molecule has 1 saturated heterocycles. The average molecular weight is 193 g/mol. The number of rotatable bonds is 3. The molecule has 0 bridgehead atoms. The highest BCUT2D eigenvalue weighted by Crippen LogP contribution is 2.36. The van der Waals surface area contributed by atoms with Gasteiger partial charge in [0.25, 0.3) is 0 Å². The third kappa shape index (κ3) is 1.68. The first-order chi connectivity index (χ1) is 4.19. The van der Waals surface area contributed by atoms with E-state index < -0.39 is 0 Å². The zero-order valence-corrected chi connectivity index (χ0v) is 7.57. The van der Waals surface area contributed by atoms with Crippen molar-refractivity contribution in [2.75, 3.05) is 6.61 Å². The van der Waals surface area contributed by atoms with E-state index in [4.69, 9.17) is 4.74 Å². The van der Waals surface area contributed by atoms with Crippen molar-refractivity contribution in [3.63, 3.8) is 0 Å². The Labute approximate surface area is 64.9 Å². The van der Waals surface area contributed by atoms with Crippen LogP contribution in [0.4, 0.5) is 0 Å². The van der Waals surface area contributed by atoms with Crippen LogP contribution >= 0.6 is 15.9 Å². The average Bonchev–Trinajstić information content (AvgIpc) is 2.50. The molecule has 0 aliphatic carbocycles. The Hall–Kier alpha value is 0.440. The summed E-state index contributed by atoms with van der Waals surface area (Å²) in [5.74, 6) is 0. The predicted octanol–water partition coefficient (Wildman–Crippen LogP) is 2.34. The zero-order chi connectivity index (χ0) is 6.91. The molecule has 0 spiro atoms. The van der Waals surface area contributed by atoms with Crippen LogP contribution in [0.2, 0.25) is 0 Å². The van der Waals surface area contributed by atoms with Crippen molar-refractivity contribution in [3.8, 4) is 0 Å². The molecule has 0 N–H and O–H groups in total. The van der Waals surface area contributed by atoms with Crippen molar-refractivity contribution in [1.29, 1.82) is 0 Å². The molecule has 0 aromatic carbocycles. The monoisotopic (exact) mass is 192 g/mol. The lowest BCUT2D eigenvalue weighted by Crippen LogP contribution is -2.19. The van der Waals surface area contributed by atoms with E-state index in [1.54, 1.807) is 0 Å². The van der Waals surface area contributed by atoms with Crippen LogP contribution in [0, 0.1) is 0 Å². The second kappa shape index (κ2) is 2.59. The van der Waals surface area contributed by atoms with Crippen LogP contribution < -0.4 is 0 Å². The summed E-state index contributed by atoms with van der Waals surface area (Å²) < 4.78 is 5.26. The predicted molar refractivity (Wildman–Crippen MR) is 42.0 cm³/mol. The summed E-state index contributed by atoms with van der Waals surface area (Å²) in [6, 6.07) is 0. The minimum absolute atomic E-state index is 0.177. The van der Waals surface area contributed by atoms with E-state index in [2.05, 4.69) is 29.8 Å². The molecule has 9 heavy (non-hydrogen) atoms. The smallest absolute Gasteiger partial charge is 0.101 e. The van der Waals surface area contributed by atoms with Gasteiger partial charge in [-0.25, -0.2) is 0 Å². The van der Waals surface area contributed by atoms with Gasteiger partial charge in [0, 0.05) is 4.83 Å². The first-order valence-corrected chi connectivity index (χ1v) is 4.38. The molecule has 1 fully saturated rings. The number of ether oxygens (including phenoxy) is 1. The molecular weight excluding hydrogens is 180 g/mol. The zero-order valence-electron chi connectivity index (χ0n) is 5.98. The highest BCUT2D eigenvalue weighted by Gasteiger charge is 2.45. The van der Waals surface area contributed by atoms with E-state index in [-0.39, 0.29) is 5.60 Å². The summed E-state index contributed by atoms with van der Waals surface area (Å²) in [6.07, 6.45) is 2.45. The molecular formula is C7H13BrO. The van der Waals surface area contributed by atoms with Gasteiger partial charge < -0.3 is 4.74 Å². The molecule has 1 nitrogen and oxygen atoms in total. The Bertz CT molecular complexity index is 99.1. The lowest BCUT2D eigenvalue weighted by molar-refractivity contribution is 0.313. The van der Waals surface area contributed by atoms with E-state index in [1.165, 1.54) is 12.8 Å². The van der Waals surface area contributed by atoms with E-state index in [0.717, 1.165) is 6.61 Å². The molecule has 1 heterocycles. The van der Waals surface area contributed by atoms with Crippen LogP contribution in [0.1, 0.15) is 26.7 Å². The summed E-state index contributed by atoms with van der Waals surface area (Å²) in [7, 11) is 0. The van der Waals surface area contributed by atoms with Crippen LogP contribution in [0.25, 0.3) is 0 Å². The SMILES string of the molecule is CCC[C@H](Br)[C@@]1(C)CO1. The molecule has 2 heteroatoms. The highest BCUT2D eigenvalue weighted by atomic mass is 79.9. The molecule has 1 aliphatic heterocycles. The summed E-state index contributed by atoms with van der Waals surface area (Å²) >= 11 is 3.60. The quantitative estimate of drug-likeness (QED) is 0.495. The second-order valence-corrected chi connectivity index (χ2v) is 3.96. The van der Waals surface area contributed by atoms with Crippen molar-refractivity contribution in [1.82, 2.24) is 0 Å². The largest absolute Gasteiger partial charge is 0.369 e. The Morgan fingerprint density at radius 3 is 2.67 bits per heavy atom. The number of epoxide rings is 1. The minimum Gasteiger partial charge on any atom is -0.369 e. The first-order valence-electron chi connectivity index (χ1n) is 3.47. The van der Waals surface area contributed by atoms with Crippen molar-refractivity contribution in [3.05, 3.63) is 0 Å². The summed E-state index contributed by atoms with van der Waals surface area (Å²) in [5, 5.41) is 0. The fourth-order valence-electron chi connectivity index (χ4n) is 0.853. The Morgan fingerprint density at radius 1 is 1.78 bits per heavy atom. The molecule has 2 atom stereocenters. The molecule has 1 rings (SSSR count). The maximum absolute atomic E-state index is 5.26. The van der Waals surface area contributed by atoms with Gasteiger partial charge in [0.1, 0.15) is 5.60 Å². The first kappa shape index (κ1) is 7.55. The van der Waals surface area contributed by atoms with E-state index in [1.807, 2.05) is 0 Å². The summed E-state index contributed by atoms with van der Waals surface area (Å²) in [6.45, 7) is 5.28. The van der Waals surface area contributed by atoms with Gasteiger partial charge >= 0.3 is 0 Å². The third-order valence-corrected chi connectivity index (χ3v) is 3.23. The van der Waals surface area contributed by atoms with Crippen LogP contribution in [0.3, 0.4) is 0 Å². The summed E-state index contributed by atoms with van der Waals surface area (Å²) in [5.41, 5.74) is 0.177. The normalized spacial score (nSPS) is 36.3. The van der Waals surface area contributed by atoms with E-state index in [0.29, 0.717) is 4.83 Å². The minimum atomic E-state index is 0.177. The molecule has 0 saturated carbocycles. The van der Waals surface area contributed by atoms with Crippen LogP contribution in [-0.2, 0) is 4.74 Å². The Balaban J connectivity index is 2.24. The molecule has 54 valence electrons. The maximum Gasteiger partial charge on any atom is 0.101 e. The van der Waals surface area contributed by atoms with Gasteiger partial charge in [-0.15, -0.1) is 0 Å². The number of hydrogen-bond acceptors (Lipinski definition) is 1. The van der Waals surface area contributed by atoms with Crippen molar-refractivity contribution < 1.29 is 4.74 Å². The lowest BCUT2D eigenvalue weighted by atomic mass is 10.1. The van der Waals surface area contributed by atoms with Crippen LogP contribution in [0.5, 0.6) is 0 Å². The van der Waals surface area contributed by atoms with Gasteiger partial charge in [-0.3, -0.25) is 0 Å². The van der Waals surface area contributed by atoms with Crippen molar-refractivity contribution in [2.24, 2.45) is 0 Å². The molecule has 0 radical (unpaired) electrons. The highest BCUT2D eigenvalue weighted by molar-refractivity contribution is 9.09. The summed E-state index contributed by atoms with van der Waals surface area (Å²) in [4.78, 5) is 0.565. The second-order valence-electron chi connectivity index (χ2n) is 2.86. The number of hydrogen-bond donors (Lipinski definition) is 0. The Kier molecular flexibility index (Phi) is 2.17. The molecule has 0 aromatic rings. The standard InChI is InChI=1S/C7H13BrO/c1-3-4-6(8)7(2)5-9-7/h6H,3-5H2,1-2H3/t6-,7+/m0/s1. The maximum atomic E-state index is 5.26. The van der Waals surface area contributed by atoms with Gasteiger partial charge in [-0.1, -0.05) is 29.3 Å². The van der Waals surface area contributed by atoms with Gasteiger partial charge in [0.2, 0.25) is 0 Å². The molecule has 1 aliphatic rings. The van der Waals surface area contributed by atoms with Crippen LogP contribution in [-0.4, -0.2) is 17.0 Å². The number of halogens is 1. The van der Waals surface area contributed by atoms with E-state index in [9.17, 15) is 0 Å². The van der Waals surface area contributed by atoms with Gasteiger partial charge in [0.15, 0.2) is 0 Å². The van der Waals surface area contributed by atoms with Gasteiger partial charge in [0.05, 0.1) is 6.61 Å². The third-order valence-electron chi connectivity index (χ3n) is 1.80. The fraction of sp³-hybridized carbons (Fsp3) is 1.00. The molecule has 0 amide bonds. The Morgan fingerprint density at radius 2 is 2.33 bits per heavy atom. The van der Waals surface area contributed by atoms with E-state index >= 15 is 0 Å². The van der Waals surface area contributed by atoms with Crippen molar-refractivity contribution >= 4 is 15.9 Å².